The molecule has 200 valence electrons. The van der Waals surface area contributed by atoms with Gasteiger partial charge in [-0.2, -0.15) is 0 Å². The molecule has 0 saturated heterocycles. The summed E-state index contributed by atoms with van der Waals surface area (Å²) in [5.41, 5.74) is 5.01. The van der Waals surface area contributed by atoms with Crippen LogP contribution in [0, 0.1) is 0 Å². The number of amides is 1. The van der Waals surface area contributed by atoms with Gasteiger partial charge >= 0.3 is 0 Å². The average Bonchev–Trinajstić information content (AvgIpc) is 2.99. The number of hydrogen-bond donors (Lipinski definition) is 1. The van der Waals surface area contributed by atoms with Gasteiger partial charge in [0.1, 0.15) is 12.4 Å². The molecule has 0 aliphatic carbocycles. The minimum atomic E-state index is -0.344. The zero-order valence-corrected chi connectivity index (χ0v) is 22.8. The summed E-state index contributed by atoms with van der Waals surface area (Å²) in [6.45, 7) is 5.65. The van der Waals surface area contributed by atoms with Gasteiger partial charge in [-0.1, -0.05) is 74.5 Å². The Kier molecular flexibility index (Phi) is 8.11. The van der Waals surface area contributed by atoms with Gasteiger partial charge in [0.05, 0.1) is 19.1 Å². The largest absolute Gasteiger partial charge is 0.489 e. The van der Waals surface area contributed by atoms with Gasteiger partial charge in [0.2, 0.25) is 5.91 Å². The molecular formula is C33H35N3O3. The van der Waals surface area contributed by atoms with Crippen molar-refractivity contribution in [3.63, 3.8) is 0 Å². The summed E-state index contributed by atoms with van der Waals surface area (Å²) in [6, 6.07) is 28.1. The number of nitrogens with zero attached hydrogens (tertiary/aromatic N) is 2. The second-order valence-electron chi connectivity index (χ2n) is 10.1. The third-order valence-electron chi connectivity index (χ3n) is 7.13. The molecule has 1 aliphatic heterocycles. The number of carbonyl (C=O) groups is 1. The lowest BCUT2D eigenvalue weighted by Gasteiger charge is -2.32. The zero-order valence-electron chi connectivity index (χ0n) is 22.8. The van der Waals surface area contributed by atoms with Crippen molar-refractivity contribution < 1.29 is 14.3 Å². The van der Waals surface area contributed by atoms with Gasteiger partial charge in [-0.25, -0.2) is 4.98 Å². The van der Waals surface area contributed by atoms with Gasteiger partial charge in [0.25, 0.3) is 0 Å². The Morgan fingerprint density at radius 2 is 1.79 bits per heavy atom. The Labute approximate surface area is 230 Å². The van der Waals surface area contributed by atoms with Crippen LogP contribution in [0.2, 0.25) is 0 Å². The van der Waals surface area contributed by atoms with Gasteiger partial charge < -0.3 is 19.7 Å². The first kappa shape index (κ1) is 26.3. The van der Waals surface area contributed by atoms with E-state index >= 15 is 0 Å². The Hall–Kier alpha value is -4.32. The number of benzene rings is 3. The second-order valence-corrected chi connectivity index (χ2v) is 10.1. The minimum Gasteiger partial charge on any atom is -0.489 e. The molecule has 0 saturated carbocycles. The summed E-state index contributed by atoms with van der Waals surface area (Å²) in [5.74, 6) is 2.22. The van der Waals surface area contributed by atoms with Crippen molar-refractivity contribution in [3.05, 3.63) is 113 Å². The molecule has 4 aromatic rings. The zero-order chi connectivity index (χ0) is 27.2. The van der Waals surface area contributed by atoms with Gasteiger partial charge in [-0.05, 0) is 53.3 Å². The fourth-order valence-electron chi connectivity index (χ4n) is 4.87. The first-order valence-electron chi connectivity index (χ1n) is 13.5. The Morgan fingerprint density at radius 3 is 2.49 bits per heavy atom. The lowest BCUT2D eigenvalue weighted by atomic mass is 9.91. The first-order valence-corrected chi connectivity index (χ1v) is 13.5. The molecule has 6 heteroatoms. The number of aromatic nitrogens is 1. The summed E-state index contributed by atoms with van der Waals surface area (Å²) in [4.78, 5) is 20.6. The third-order valence-corrected chi connectivity index (χ3v) is 7.13. The van der Waals surface area contributed by atoms with Crippen LogP contribution in [0.4, 0.5) is 11.5 Å². The number of hydrogen-bond acceptors (Lipinski definition) is 5. The Bertz CT molecular complexity index is 1390. The van der Waals surface area contributed by atoms with Crippen molar-refractivity contribution in [2.45, 2.75) is 45.3 Å². The molecular weight excluding hydrogens is 486 g/mol. The molecule has 0 bridgehead atoms. The van der Waals surface area contributed by atoms with Gasteiger partial charge in [0, 0.05) is 24.5 Å². The van der Waals surface area contributed by atoms with E-state index in [-0.39, 0.29) is 11.8 Å². The van der Waals surface area contributed by atoms with Crippen molar-refractivity contribution in [2.24, 2.45) is 0 Å². The highest BCUT2D eigenvalue weighted by atomic mass is 16.5. The molecule has 3 aromatic carbocycles. The maximum atomic E-state index is 14.3. The van der Waals surface area contributed by atoms with E-state index in [0.717, 1.165) is 28.2 Å². The lowest BCUT2D eigenvalue weighted by Crippen LogP contribution is -2.37. The summed E-state index contributed by atoms with van der Waals surface area (Å²) in [6.07, 6.45) is 2.42. The highest BCUT2D eigenvalue weighted by Crippen LogP contribution is 2.42. The summed E-state index contributed by atoms with van der Waals surface area (Å²) >= 11 is 0. The van der Waals surface area contributed by atoms with E-state index in [2.05, 4.69) is 36.3 Å². The van der Waals surface area contributed by atoms with Crippen molar-refractivity contribution in [3.8, 4) is 11.5 Å². The molecule has 6 nitrogen and oxygen atoms in total. The van der Waals surface area contributed by atoms with E-state index in [4.69, 9.17) is 9.47 Å². The molecule has 0 spiro atoms. The van der Waals surface area contributed by atoms with Gasteiger partial charge in [-0.15, -0.1) is 0 Å². The van der Waals surface area contributed by atoms with E-state index in [1.54, 1.807) is 0 Å². The molecule has 1 unspecified atom stereocenters. The first-order chi connectivity index (χ1) is 19.0. The molecule has 1 amide bonds. The molecule has 39 heavy (non-hydrogen) atoms. The predicted octanol–water partition coefficient (Wildman–Crippen LogP) is 6.93. The van der Waals surface area contributed by atoms with Crippen LogP contribution < -0.4 is 19.7 Å². The van der Waals surface area contributed by atoms with E-state index in [9.17, 15) is 4.79 Å². The SMILES string of the molecule is CNc1ccc(CN(C(=O)C2CCOc3c(OCc4ccccc4)cccc32)c2ccc(C(C)C)cc2)cn1. The molecule has 1 aliphatic rings. The van der Waals surface area contributed by atoms with Crippen molar-refractivity contribution in [1.82, 2.24) is 4.98 Å². The number of fused-ring (bicyclic) bond motifs is 1. The fourth-order valence-corrected chi connectivity index (χ4v) is 4.87. The maximum absolute atomic E-state index is 14.3. The van der Waals surface area contributed by atoms with Crippen LogP contribution in [0.5, 0.6) is 11.5 Å². The summed E-state index contributed by atoms with van der Waals surface area (Å²) < 4.78 is 12.2. The Morgan fingerprint density at radius 1 is 1.00 bits per heavy atom. The second kappa shape index (κ2) is 12.0. The quantitative estimate of drug-likeness (QED) is 0.259. The maximum Gasteiger partial charge on any atom is 0.235 e. The van der Waals surface area contributed by atoms with Crippen molar-refractivity contribution in [2.75, 3.05) is 23.9 Å². The minimum absolute atomic E-state index is 0.0368. The van der Waals surface area contributed by atoms with Gasteiger partial charge in [0.15, 0.2) is 11.5 Å². The van der Waals surface area contributed by atoms with E-state index in [1.807, 2.05) is 90.9 Å². The van der Waals surface area contributed by atoms with E-state index in [0.29, 0.717) is 43.6 Å². The number of ether oxygens (including phenoxy) is 2. The molecule has 1 N–H and O–H groups in total. The van der Waals surface area contributed by atoms with Crippen LogP contribution >= 0.6 is 0 Å². The average molecular weight is 522 g/mol. The van der Waals surface area contributed by atoms with Crippen LogP contribution in [0.25, 0.3) is 0 Å². The molecule has 0 fully saturated rings. The number of para-hydroxylation sites is 1. The van der Waals surface area contributed by atoms with E-state index < -0.39 is 0 Å². The van der Waals surface area contributed by atoms with Gasteiger partial charge in [-0.3, -0.25) is 4.79 Å². The normalized spacial score (nSPS) is 14.3. The van der Waals surface area contributed by atoms with E-state index in [1.165, 1.54) is 5.56 Å². The molecule has 1 aromatic heterocycles. The fraction of sp³-hybridized carbons (Fsp3) is 0.273. The monoisotopic (exact) mass is 521 g/mol. The van der Waals surface area contributed by atoms with Crippen LogP contribution in [0.3, 0.4) is 0 Å². The standard InChI is InChI=1S/C33H35N3O3/c1-23(2)26-13-15-27(16-14-26)36(21-25-12-17-31(34-3)35-20-25)33(37)29-18-19-38-32-28(29)10-7-11-30(32)39-22-24-8-5-4-6-9-24/h4-17,20,23,29H,18-19,21-22H2,1-3H3,(H,34,35). The molecule has 5 rings (SSSR count). The predicted molar refractivity (Wildman–Crippen MR) is 156 cm³/mol. The summed E-state index contributed by atoms with van der Waals surface area (Å²) in [7, 11) is 1.84. The number of carbonyl (C=O) groups excluding carboxylic acids is 1. The van der Waals surface area contributed by atoms with Crippen molar-refractivity contribution in [1.29, 1.82) is 0 Å². The molecule has 1 atom stereocenters. The van der Waals surface area contributed by atoms with Crippen LogP contribution in [-0.2, 0) is 17.9 Å². The topological polar surface area (TPSA) is 63.7 Å². The highest BCUT2D eigenvalue weighted by Gasteiger charge is 2.33. The highest BCUT2D eigenvalue weighted by molar-refractivity contribution is 5.98. The van der Waals surface area contributed by atoms with Crippen LogP contribution in [0.1, 0.15) is 54.4 Å². The summed E-state index contributed by atoms with van der Waals surface area (Å²) in [5, 5.41) is 3.05. The van der Waals surface area contributed by atoms with Crippen molar-refractivity contribution >= 4 is 17.4 Å². The number of pyridine rings is 1. The smallest absolute Gasteiger partial charge is 0.235 e. The number of rotatable bonds is 9. The molecule has 2 heterocycles. The molecule has 0 radical (unpaired) electrons. The lowest BCUT2D eigenvalue weighted by molar-refractivity contribution is -0.120. The number of anilines is 2. The van der Waals surface area contributed by atoms with Crippen LogP contribution in [-0.4, -0.2) is 24.5 Å². The third kappa shape index (κ3) is 6.06. The van der Waals surface area contributed by atoms with Crippen LogP contribution in [0.15, 0.2) is 91.1 Å². The Balaban J connectivity index is 1.44. The number of nitrogens with one attached hydrogen (secondary N) is 1.